The Bertz CT molecular complexity index is 1180. The maximum absolute atomic E-state index is 13.6. The molecule has 2 N–H and O–H groups in total. The van der Waals surface area contributed by atoms with E-state index >= 15 is 0 Å². The van der Waals surface area contributed by atoms with E-state index in [-0.39, 0.29) is 24.8 Å². The number of nitrogens with one attached hydrogen (secondary N) is 1. The fourth-order valence-corrected chi connectivity index (χ4v) is 4.58. The molecule has 0 saturated carbocycles. The number of carbonyl (C=O) groups excluding carboxylic acids is 2. The lowest BCUT2D eigenvalue weighted by Gasteiger charge is -2.41. The van der Waals surface area contributed by atoms with E-state index in [4.69, 9.17) is 11.6 Å². The summed E-state index contributed by atoms with van der Waals surface area (Å²) in [6.45, 7) is 0.432. The predicted molar refractivity (Wildman–Crippen MR) is 130 cm³/mol. The average molecular weight is 477 g/mol. The van der Waals surface area contributed by atoms with E-state index in [1.165, 1.54) is 4.90 Å². The lowest BCUT2D eigenvalue weighted by Crippen LogP contribution is -2.48. The number of carbonyl (C=O) groups is 3. The zero-order valence-electron chi connectivity index (χ0n) is 18.5. The first-order chi connectivity index (χ1) is 16.5. The van der Waals surface area contributed by atoms with Gasteiger partial charge in [0, 0.05) is 23.7 Å². The first kappa shape index (κ1) is 23.5. The van der Waals surface area contributed by atoms with Gasteiger partial charge >= 0.3 is 5.97 Å². The topological polar surface area (TPSA) is 86.7 Å². The summed E-state index contributed by atoms with van der Waals surface area (Å²) in [5.74, 6) is -2.20. The maximum Gasteiger partial charge on any atom is 0.305 e. The highest BCUT2D eigenvalue weighted by Crippen LogP contribution is 2.43. The summed E-state index contributed by atoms with van der Waals surface area (Å²) in [6.07, 6.45) is 0.453. The molecule has 3 aromatic rings. The third kappa shape index (κ3) is 5.13. The first-order valence-electron chi connectivity index (χ1n) is 11.1. The number of hydrogen-bond donors (Lipinski definition) is 2. The van der Waals surface area contributed by atoms with Crippen LogP contribution in [0.5, 0.6) is 0 Å². The third-order valence-electron chi connectivity index (χ3n) is 6.05. The molecule has 34 heavy (non-hydrogen) atoms. The standard InChI is InChI=1S/C27H25ClN2O4/c28-20-12-10-19(11-13-20)25-24(26(33)29-16-14-18-6-2-1-3-7-18)21-8-4-5-9-22(21)27(34)30(25)17-15-23(31)32/h1-13,24-25H,14-17H2,(H,29,33)(H,31,32)/t24-,25+/m1/s1. The van der Waals surface area contributed by atoms with Crippen molar-refractivity contribution in [3.8, 4) is 0 Å². The van der Waals surface area contributed by atoms with Gasteiger partial charge in [0.25, 0.3) is 5.91 Å². The van der Waals surface area contributed by atoms with Crippen LogP contribution in [0, 0.1) is 0 Å². The van der Waals surface area contributed by atoms with Crippen molar-refractivity contribution >= 4 is 29.4 Å². The van der Waals surface area contributed by atoms with Crippen molar-refractivity contribution < 1.29 is 19.5 Å². The minimum Gasteiger partial charge on any atom is -0.481 e. The van der Waals surface area contributed by atoms with E-state index < -0.39 is 17.9 Å². The Hall–Kier alpha value is -3.64. The molecule has 2 atom stereocenters. The molecular weight excluding hydrogens is 452 g/mol. The van der Waals surface area contributed by atoms with Gasteiger partial charge in [-0.3, -0.25) is 14.4 Å². The zero-order valence-corrected chi connectivity index (χ0v) is 19.2. The Balaban J connectivity index is 1.70. The molecule has 0 radical (unpaired) electrons. The van der Waals surface area contributed by atoms with E-state index in [1.807, 2.05) is 36.4 Å². The summed E-state index contributed by atoms with van der Waals surface area (Å²) < 4.78 is 0. The normalized spacial score (nSPS) is 17.2. The second-order valence-electron chi connectivity index (χ2n) is 8.23. The minimum absolute atomic E-state index is 0.0103. The van der Waals surface area contributed by atoms with Gasteiger partial charge in [0.05, 0.1) is 18.4 Å². The van der Waals surface area contributed by atoms with Crippen LogP contribution in [0.4, 0.5) is 0 Å². The SMILES string of the molecule is O=C(O)CCN1C(=O)c2ccccc2[C@@H](C(=O)NCCc2ccccc2)[C@@H]1c1ccc(Cl)cc1. The highest BCUT2D eigenvalue weighted by atomic mass is 35.5. The summed E-state index contributed by atoms with van der Waals surface area (Å²) in [6, 6.07) is 23.2. The zero-order chi connectivity index (χ0) is 24.1. The molecule has 1 heterocycles. The summed E-state index contributed by atoms with van der Waals surface area (Å²) in [4.78, 5) is 39.9. The third-order valence-corrected chi connectivity index (χ3v) is 6.31. The van der Waals surface area contributed by atoms with Crippen LogP contribution in [-0.4, -0.2) is 40.9 Å². The van der Waals surface area contributed by atoms with Crippen LogP contribution in [0.25, 0.3) is 0 Å². The van der Waals surface area contributed by atoms with Gasteiger partial charge in [-0.25, -0.2) is 0 Å². The van der Waals surface area contributed by atoms with Crippen LogP contribution in [-0.2, 0) is 16.0 Å². The summed E-state index contributed by atoms with van der Waals surface area (Å²) in [7, 11) is 0. The van der Waals surface area contributed by atoms with Gasteiger partial charge in [0.15, 0.2) is 0 Å². The van der Waals surface area contributed by atoms with Crippen molar-refractivity contribution in [2.24, 2.45) is 0 Å². The Labute approximate surface area is 203 Å². The molecule has 0 aromatic heterocycles. The maximum atomic E-state index is 13.6. The number of aliphatic carboxylic acids is 1. The monoisotopic (exact) mass is 476 g/mol. The highest BCUT2D eigenvalue weighted by Gasteiger charge is 2.43. The van der Waals surface area contributed by atoms with Crippen LogP contribution in [0.2, 0.25) is 5.02 Å². The number of rotatable bonds is 8. The van der Waals surface area contributed by atoms with Crippen LogP contribution in [0.1, 0.15) is 45.4 Å². The van der Waals surface area contributed by atoms with Crippen molar-refractivity contribution in [1.82, 2.24) is 10.2 Å². The number of halogens is 1. The summed E-state index contributed by atoms with van der Waals surface area (Å²) in [5.41, 5.74) is 2.89. The number of carboxylic acid groups (broad SMARTS) is 1. The average Bonchev–Trinajstić information content (AvgIpc) is 2.84. The second-order valence-corrected chi connectivity index (χ2v) is 8.67. The molecule has 6 nitrogen and oxygen atoms in total. The van der Waals surface area contributed by atoms with E-state index in [0.717, 1.165) is 11.1 Å². The number of carboxylic acids is 1. The lowest BCUT2D eigenvalue weighted by molar-refractivity contribution is -0.137. The van der Waals surface area contributed by atoms with Gasteiger partial charge in [-0.1, -0.05) is 72.3 Å². The molecule has 0 spiro atoms. The van der Waals surface area contributed by atoms with Crippen molar-refractivity contribution in [3.63, 3.8) is 0 Å². The molecule has 0 fully saturated rings. The molecule has 7 heteroatoms. The van der Waals surface area contributed by atoms with E-state index in [2.05, 4.69) is 5.32 Å². The number of nitrogens with zero attached hydrogens (tertiary/aromatic N) is 1. The van der Waals surface area contributed by atoms with Gasteiger partial charge in [-0.05, 0) is 41.3 Å². The molecule has 0 unspecified atom stereocenters. The van der Waals surface area contributed by atoms with E-state index in [1.54, 1.807) is 42.5 Å². The largest absolute Gasteiger partial charge is 0.481 e. The molecule has 2 amide bonds. The molecule has 0 aliphatic carbocycles. The summed E-state index contributed by atoms with van der Waals surface area (Å²) in [5, 5.41) is 12.9. The Kier molecular flexibility index (Phi) is 7.28. The van der Waals surface area contributed by atoms with Gasteiger partial charge in [0.2, 0.25) is 5.91 Å². The predicted octanol–water partition coefficient (Wildman–Crippen LogP) is 4.45. The Morgan fingerprint density at radius 3 is 2.32 bits per heavy atom. The number of hydrogen-bond acceptors (Lipinski definition) is 3. The lowest BCUT2D eigenvalue weighted by atomic mass is 9.79. The number of amides is 2. The van der Waals surface area contributed by atoms with Crippen LogP contribution < -0.4 is 5.32 Å². The molecule has 1 aliphatic rings. The number of fused-ring (bicyclic) bond motifs is 1. The second kappa shape index (κ2) is 10.5. The summed E-state index contributed by atoms with van der Waals surface area (Å²) >= 11 is 6.09. The van der Waals surface area contributed by atoms with Gasteiger partial charge in [-0.2, -0.15) is 0 Å². The molecule has 4 rings (SSSR count). The van der Waals surface area contributed by atoms with Gasteiger partial charge in [-0.15, -0.1) is 0 Å². The van der Waals surface area contributed by atoms with E-state index in [9.17, 15) is 19.5 Å². The Morgan fingerprint density at radius 1 is 0.941 bits per heavy atom. The Morgan fingerprint density at radius 2 is 1.62 bits per heavy atom. The quantitative estimate of drug-likeness (QED) is 0.502. The van der Waals surface area contributed by atoms with Gasteiger partial charge < -0.3 is 15.3 Å². The van der Waals surface area contributed by atoms with Crippen molar-refractivity contribution in [2.75, 3.05) is 13.1 Å². The fourth-order valence-electron chi connectivity index (χ4n) is 4.45. The molecule has 3 aromatic carbocycles. The molecular formula is C27H25ClN2O4. The van der Waals surface area contributed by atoms with Crippen molar-refractivity contribution in [3.05, 3.63) is 106 Å². The van der Waals surface area contributed by atoms with Crippen LogP contribution in [0.3, 0.4) is 0 Å². The van der Waals surface area contributed by atoms with Crippen LogP contribution in [0.15, 0.2) is 78.9 Å². The number of benzene rings is 3. The van der Waals surface area contributed by atoms with E-state index in [0.29, 0.717) is 29.1 Å². The van der Waals surface area contributed by atoms with Crippen LogP contribution >= 0.6 is 11.6 Å². The minimum atomic E-state index is -1.01. The molecule has 174 valence electrons. The van der Waals surface area contributed by atoms with Crippen molar-refractivity contribution in [2.45, 2.75) is 24.8 Å². The molecule has 1 aliphatic heterocycles. The first-order valence-corrected chi connectivity index (χ1v) is 11.5. The molecule has 0 saturated heterocycles. The fraction of sp³-hybridized carbons (Fsp3) is 0.222. The highest BCUT2D eigenvalue weighted by molar-refractivity contribution is 6.30. The smallest absolute Gasteiger partial charge is 0.305 e. The van der Waals surface area contributed by atoms with Crippen molar-refractivity contribution in [1.29, 1.82) is 0 Å². The molecule has 0 bridgehead atoms. The van der Waals surface area contributed by atoms with Gasteiger partial charge in [0.1, 0.15) is 0 Å².